The summed E-state index contributed by atoms with van der Waals surface area (Å²) in [7, 11) is -2.08. The van der Waals surface area contributed by atoms with Crippen molar-refractivity contribution in [2.24, 2.45) is 0 Å². The van der Waals surface area contributed by atoms with Gasteiger partial charge in [-0.3, -0.25) is 9.69 Å². The number of piperazine rings is 1. The molecule has 1 aliphatic rings. The maximum Gasteiger partial charge on any atom is 0.246 e. The molecule has 8 nitrogen and oxygen atoms in total. The lowest BCUT2D eigenvalue weighted by molar-refractivity contribution is -0.133. The van der Waals surface area contributed by atoms with Crippen molar-refractivity contribution in [1.82, 2.24) is 19.3 Å². The third-order valence-corrected chi connectivity index (χ3v) is 6.99. The summed E-state index contributed by atoms with van der Waals surface area (Å²) in [5.74, 6) is -0.122. The van der Waals surface area contributed by atoms with Crippen molar-refractivity contribution in [1.29, 1.82) is 0 Å². The van der Waals surface area contributed by atoms with Crippen molar-refractivity contribution in [3.8, 4) is 0 Å². The molecule has 1 fully saturated rings. The molecule has 0 aliphatic carbocycles. The van der Waals surface area contributed by atoms with Gasteiger partial charge in [-0.25, -0.2) is 12.8 Å². The Balaban J connectivity index is 1.56. The van der Waals surface area contributed by atoms with Crippen LogP contribution < -0.4 is 0 Å². The van der Waals surface area contributed by atoms with Gasteiger partial charge in [0, 0.05) is 38.3 Å². The summed E-state index contributed by atoms with van der Waals surface area (Å²) in [5, 5.41) is 3.91. The zero-order valence-corrected chi connectivity index (χ0v) is 17.6. The number of hydrogen-bond acceptors (Lipinski definition) is 6. The van der Waals surface area contributed by atoms with Crippen molar-refractivity contribution >= 4 is 15.9 Å². The zero-order chi connectivity index (χ0) is 21.2. The van der Waals surface area contributed by atoms with Gasteiger partial charge in [0.05, 0.1) is 12.2 Å². The normalized spacial score (nSPS) is 15.8. The fraction of sp³-hybridized carbons (Fsp3) is 0.474. The number of carbonyl (C=O) groups excluding carboxylic acids is 1. The highest BCUT2D eigenvalue weighted by Gasteiger charge is 2.32. The van der Waals surface area contributed by atoms with Gasteiger partial charge in [0.1, 0.15) is 16.5 Å². The molecule has 0 spiro atoms. The Hall–Kier alpha value is -2.30. The van der Waals surface area contributed by atoms with Crippen LogP contribution in [0.4, 0.5) is 4.39 Å². The molecular formula is C19H25FN4O4S. The number of rotatable bonds is 6. The second kappa shape index (κ2) is 8.60. The monoisotopic (exact) mass is 424 g/mol. The summed E-state index contributed by atoms with van der Waals surface area (Å²) < 4.78 is 45.6. The lowest BCUT2D eigenvalue weighted by Gasteiger charge is -2.34. The number of aromatic nitrogens is 1. The maximum absolute atomic E-state index is 13.9. The number of hydrogen-bond donors (Lipinski definition) is 0. The Morgan fingerprint density at radius 2 is 1.86 bits per heavy atom. The predicted octanol–water partition coefficient (Wildman–Crippen LogP) is 1.40. The van der Waals surface area contributed by atoms with Crippen molar-refractivity contribution in [2.75, 3.05) is 39.8 Å². The van der Waals surface area contributed by atoms with E-state index in [0.29, 0.717) is 6.54 Å². The fourth-order valence-corrected chi connectivity index (χ4v) is 4.84. The number of benzene rings is 1. The number of likely N-dealkylation sites (N-methyl/N-ethyl adjacent to an activating group) is 1. The first-order valence-corrected chi connectivity index (χ1v) is 10.8. The molecule has 1 aromatic heterocycles. The first kappa shape index (κ1) is 21.4. The van der Waals surface area contributed by atoms with Crippen LogP contribution in [0.3, 0.4) is 0 Å². The van der Waals surface area contributed by atoms with E-state index in [0.717, 1.165) is 23.1 Å². The molecule has 29 heavy (non-hydrogen) atoms. The van der Waals surface area contributed by atoms with Crippen LogP contribution in [0.25, 0.3) is 0 Å². The molecule has 0 radical (unpaired) electrons. The van der Waals surface area contributed by atoms with Gasteiger partial charge in [0.15, 0.2) is 0 Å². The first-order chi connectivity index (χ1) is 13.7. The van der Waals surface area contributed by atoms with E-state index in [1.807, 2.05) is 25.8 Å². The third-order valence-electron chi connectivity index (χ3n) is 5.06. The third kappa shape index (κ3) is 4.65. The highest BCUT2D eigenvalue weighted by Crippen LogP contribution is 2.20. The van der Waals surface area contributed by atoms with E-state index in [2.05, 4.69) is 5.16 Å². The van der Waals surface area contributed by atoms with Crippen molar-refractivity contribution in [3.63, 3.8) is 0 Å². The average molecular weight is 424 g/mol. The Morgan fingerprint density at radius 1 is 1.21 bits per heavy atom. The molecule has 0 unspecified atom stereocenters. The minimum Gasteiger partial charge on any atom is -0.361 e. The average Bonchev–Trinajstić information content (AvgIpc) is 3.00. The molecule has 2 aromatic rings. The molecule has 158 valence electrons. The van der Waals surface area contributed by atoms with Crippen LogP contribution in [-0.2, 0) is 21.4 Å². The van der Waals surface area contributed by atoms with E-state index in [1.54, 1.807) is 4.90 Å². The summed E-state index contributed by atoms with van der Waals surface area (Å²) in [6.07, 6.45) is 0. The van der Waals surface area contributed by atoms with Gasteiger partial charge in [0.2, 0.25) is 15.9 Å². The lowest BCUT2D eigenvalue weighted by atomic mass is 10.2. The molecular weight excluding hydrogens is 399 g/mol. The number of sulfonamides is 1. The molecule has 1 aromatic carbocycles. The minimum absolute atomic E-state index is 0.0813. The highest BCUT2D eigenvalue weighted by molar-refractivity contribution is 7.89. The molecule has 0 bridgehead atoms. The van der Waals surface area contributed by atoms with Gasteiger partial charge in [0.25, 0.3) is 0 Å². The Kier molecular flexibility index (Phi) is 6.35. The molecule has 0 atom stereocenters. The first-order valence-electron chi connectivity index (χ1n) is 9.33. The molecule has 2 heterocycles. The number of carbonyl (C=O) groups is 1. The van der Waals surface area contributed by atoms with E-state index < -0.39 is 15.8 Å². The Morgan fingerprint density at radius 3 is 2.45 bits per heavy atom. The summed E-state index contributed by atoms with van der Waals surface area (Å²) in [6.45, 7) is 5.24. The fourth-order valence-electron chi connectivity index (χ4n) is 3.36. The summed E-state index contributed by atoms with van der Waals surface area (Å²) in [4.78, 5) is 15.8. The number of aryl methyl sites for hydroxylation is 2. The van der Waals surface area contributed by atoms with Gasteiger partial charge in [-0.1, -0.05) is 17.3 Å². The highest BCUT2D eigenvalue weighted by atomic mass is 32.2. The van der Waals surface area contributed by atoms with Crippen LogP contribution in [0.2, 0.25) is 0 Å². The topological polar surface area (TPSA) is 87.0 Å². The van der Waals surface area contributed by atoms with Gasteiger partial charge in [-0.2, -0.15) is 4.31 Å². The second-order valence-corrected chi connectivity index (χ2v) is 9.10. The maximum atomic E-state index is 13.9. The summed E-state index contributed by atoms with van der Waals surface area (Å²) in [6, 6.07) is 5.32. The number of halogens is 1. The Bertz CT molecular complexity index is 964. The molecule has 3 rings (SSSR count). The molecule has 0 saturated carbocycles. The number of amides is 1. The van der Waals surface area contributed by atoms with Crippen LogP contribution in [-0.4, -0.2) is 73.4 Å². The van der Waals surface area contributed by atoms with Crippen LogP contribution in [0.1, 0.15) is 17.0 Å². The molecule has 0 N–H and O–H groups in total. The molecule has 1 amide bonds. The zero-order valence-electron chi connectivity index (χ0n) is 16.8. The van der Waals surface area contributed by atoms with Crippen LogP contribution in [0.15, 0.2) is 33.7 Å². The van der Waals surface area contributed by atoms with E-state index in [1.165, 1.54) is 22.5 Å². The van der Waals surface area contributed by atoms with E-state index >= 15 is 0 Å². The lowest BCUT2D eigenvalue weighted by Crippen LogP contribution is -2.52. The van der Waals surface area contributed by atoms with Gasteiger partial charge >= 0.3 is 0 Å². The van der Waals surface area contributed by atoms with E-state index in [4.69, 9.17) is 4.52 Å². The summed E-state index contributed by atoms with van der Waals surface area (Å²) in [5.41, 5.74) is 1.76. The summed E-state index contributed by atoms with van der Waals surface area (Å²) >= 11 is 0. The second-order valence-electron chi connectivity index (χ2n) is 7.19. The predicted molar refractivity (Wildman–Crippen MR) is 104 cm³/mol. The van der Waals surface area contributed by atoms with Crippen molar-refractivity contribution in [3.05, 3.63) is 47.1 Å². The SMILES string of the molecule is Cc1noc(C)c1CN(C)CC(=O)N1CCN(S(=O)(=O)c2ccccc2F)CC1. The van der Waals surface area contributed by atoms with Gasteiger partial charge in [-0.15, -0.1) is 0 Å². The van der Waals surface area contributed by atoms with Gasteiger partial charge in [-0.05, 0) is 33.0 Å². The van der Waals surface area contributed by atoms with E-state index in [9.17, 15) is 17.6 Å². The van der Waals surface area contributed by atoms with Gasteiger partial charge < -0.3 is 9.42 Å². The minimum atomic E-state index is -3.92. The van der Waals surface area contributed by atoms with Crippen LogP contribution in [0.5, 0.6) is 0 Å². The standard InChI is InChI=1S/C19H25FN4O4S/c1-14-16(15(2)28-21-14)12-22(3)13-19(25)23-8-10-24(11-9-23)29(26,27)18-7-5-4-6-17(18)20/h4-7H,8-13H2,1-3H3. The smallest absolute Gasteiger partial charge is 0.246 e. The Labute approximate surface area is 169 Å². The quantitative estimate of drug-likeness (QED) is 0.697. The van der Waals surface area contributed by atoms with E-state index in [-0.39, 0.29) is 43.5 Å². The molecule has 1 aliphatic heterocycles. The largest absolute Gasteiger partial charge is 0.361 e. The van der Waals surface area contributed by atoms with Crippen LogP contribution in [0, 0.1) is 19.7 Å². The molecule has 1 saturated heterocycles. The number of nitrogens with zero attached hydrogens (tertiary/aromatic N) is 4. The molecule has 10 heteroatoms. The van der Waals surface area contributed by atoms with Crippen molar-refractivity contribution in [2.45, 2.75) is 25.3 Å². The van der Waals surface area contributed by atoms with Crippen LogP contribution >= 0.6 is 0 Å². The van der Waals surface area contributed by atoms with Crippen molar-refractivity contribution < 1.29 is 22.1 Å².